The van der Waals surface area contributed by atoms with Gasteiger partial charge in [0.05, 0.1) is 33.0 Å². The first-order valence-electron chi connectivity index (χ1n) is 19.5. The number of rotatable bonds is 15. The number of methoxy groups -OCH3 is 1. The Hall–Kier alpha value is -3.97. The molecule has 2 aliphatic rings. The minimum Gasteiger partial charge on any atom is -0.543 e. The van der Waals surface area contributed by atoms with E-state index in [9.17, 15) is 14.4 Å². The molecule has 3 aromatic rings. The lowest BCUT2D eigenvalue weighted by Gasteiger charge is -2.42. The average molecular weight is 761 g/mol. The Bertz CT molecular complexity index is 1810. The third-order valence-corrected chi connectivity index (χ3v) is 17.1. The molecule has 0 unspecified atom stereocenters. The van der Waals surface area contributed by atoms with E-state index >= 15 is 0 Å². The Kier molecular flexibility index (Phi) is 13.8. The molecule has 11 nitrogen and oxygen atoms in total. The number of benzene rings is 2. The quantitative estimate of drug-likeness (QED) is 0.0941. The molecule has 0 spiro atoms. The zero-order valence-corrected chi connectivity index (χ0v) is 34.4. The van der Waals surface area contributed by atoms with Crippen LogP contribution in [0.1, 0.15) is 85.3 Å². The van der Waals surface area contributed by atoms with Crippen LogP contribution in [0.5, 0.6) is 5.75 Å². The first-order chi connectivity index (χ1) is 25.7. The summed E-state index contributed by atoms with van der Waals surface area (Å²) in [5.41, 5.74) is 17.2. The van der Waals surface area contributed by atoms with Gasteiger partial charge in [0.2, 0.25) is 0 Å². The molecule has 294 valence electrons. The van der Waals surface area contributed by atoms with Crippen molar-refractivity contribution in [3.8, 4) is 16.9 Å². The zero-order valence-electron chi connectivity index (χ0n) is 33.4. The zero-order chi connectivity index (χ0) is 39.2. The second-order valence-electron chi connectivity index (χ2n) is 15.6. The number of hydrogen-bond donors (Lipinski definition) is 2. The van der Waals surface area contributed by atoms with Gasteiger partial charge in [0.1, 0.15) is 11.8 Å². The Morgan fingerprint density at radius 1 is 1.02 bits per heavy atom. The lowest BCUT2D eigenvalue weighted by atomic mass is 9.96. The predicted octanol–water partition coefficient (Wildman–Crippen LogP) is 7.16. The maximum atomic E-state index is 13.7. The molecule has 0 bridgehead atoms. The molecule has 1 aromatic heterocycles. The fourth-order valence-corrected chi connectivity index (χ4v) is 13.7. The molecule has 2 atom stereocenters. The second-order valence-corrected chi connectivity index (χ2v) is 21.0. The minimum atomic E-state index is -2.34. The third-order valence-electron chi connectivity index (χ3n) is 11.1. The monoisotopic (exact) mass is 760 g/mol. The van der Waals surface area contributed by atoms with Crippen molar-refractivity contribution < 1.29 is 33.0 Å². The van der Waals surface area contributed by atoms with Gasteiger partial charge in [-0.1, -0.05) is 65.8 Å². The highest BCUT2D eigenvalue weighted by molar-refractivity contribution is 6.78. The maximum Gasteiger partial charge on any atom is 0.324 e. The first kappa shape index (κ1) is 41.2. The van der Waals surface area contributed by atoms with E-state index in [4.69, 9.17) is 24.4 Å². The largest absolute Gasteiger partial charge is 0.543 e. The van der Waals surface area contributed by atoms with E-state index in [1.807, 2.05) is 0 Å². The number of nitrogens with zero attached hydrogens (tertiary/aromatic N) is 2. The number of hydrogen-bond acceptors (Lipinski definition) is 9. The van der Waals surface area contributed by atoms with Gasteiger partial charge in [-0.05, 0) is 89.2 Å². The fourth-order valence-electron chi connectivity index (χ4n) is 8.50. The highest BCUT2D eigenvalue weighted by atomic mass is 28.4. The summed E-state index contributed by atoms with van der Waals surface area (Å²) in [6, 6.07) is 11.5. The van der Waals surface area contributed by atoms with Gasteiger partial charge in [-0.25, -0.2) is 5.43 Å². The van der Waals surface area contributed by atoms with E-state index < -0.39 is 26.4 Å². The standard InChI is InChI=1S/C42H60N4O7Si/c1-27(2)54(28(3)4,29(5)6)53-35-22-31(23-38(43)41(48)46-17-9-11-39(44-46)42(49)50-8)21-34(24-35)33-12-13-36-37(32-14-19-51-20-15-32)26-45(40(36)25-33)16-10-18-52-30(7)47/h12-14,21-22,24-29,38-39,44H,9-11,15-20,23,43H2,1-8H3/t38-,39-/m0/s1. The van der Waals surface area contributed by atoms with Crippen LogP contribution in [0.2, 0.25) is 16.6 Å². The Balaban J connectivity index is 1.55. The molecule has 3 N–H and O–H groups in total. The number of esters is 2. The number of aryl methyl sites for hydroxylation is 1. The number of fused-ring (bicyclic) bond motifs is 1. The maximum absolute atomic E-state index is 13.7. The molecule has 54 heavy (non-hydrogen) atoms. The molecule has 1 fully saturated rings. The van der Waals surface area contributed by atoms with Gasteiger partial charge in [-0.15, -0.1) is 0 Å². The number of nitrogens with two attached hydrogens (primary N) is 1. The van der Waals surface area contributed by atoms with E-state index in [2.05, 4.69) is 100 Å². The molecule has 0 radical (unpaired) electrons. The molecular weight excluding hydrogens is 701 g/mol. The summed E-state index contributed by atoms with van der Waals surface area (Å²) in [6.07, 6.45) is 7.46. The molecule has 2 aliphatic heterocycles. The average Bonchev–Trinajstić information content (AvgIpc) is 3.52. The van der Waals surface area contributed by atoms with Crippen molar-refractivity contribution in [1.82, 2.24) is 15.0 Å². The lowest BCUT2D eigenvalue weighted by molar-refractivity contribution is -0.150. The van der Waals surface area contributed by atoms with E-state index in [0.29, 0.717) is 75.2 Å². The van der Waals surface area contributed by atoms with Gasteiger partial charge in [0.25, 0.3) is 14.2 Å². The summed E-state index contributed by atoms with van der Waals surface area (Å²) in [5, 5.41) is 2.63. The number of carbonyl (C=O) groups is 3. The fraction of sp³-hybridized carbons (Fsp3) is 0.548. The van der Waals surface area contributed by atoms with Crippen LogP contribution in [0.4, 0.5) is 0 Å². The Morgan fingerprint density at radius 3 is 2.41 bits per heavy atom. The molecule has 12 heteroatoms. The minimum absolute atomic E-state index is 0.269. The van der Waals surface area contributed by atoms with Crippen molar-refractivity contribution in [2.24, 2.45) is 5.73 Å². The summed E-state index contributed by atoms with van der Waals surface area (Å²) in [6.45, 7) is 17.9. The number of aromatic nitrogens is 1. The van der Waals surface area contributed by atoms with Crippen molar-refractivity contribution in [1.29, 1.82) is 0 Å². The molecule has 1 amide bonds. The van der Waals surface area contributed by atoms with E-state index in [0.717, 1.165) is 39.8 Å². The molecule has 3 heterocycles. The van der Waals surface area contributed by atoms with Gasteiger partial charge in [0.15, 0.2) is 0 Å². The van der Waals surface area contributed by atoms with Crippen LogP contribution in [0, 0.1) is 0 Å². The topological polar surface area (TPSA) is 134 Å². The van der Waals surface area contributed by atoms with Crippen molar-refractivity contribution in [3.05, 3.63) is 59.8 Å². The van der Waals surface area contributed by atoms with Crippen LogP contribution in [0.3, 0.4) is 0 Å². The van der Waals surface area contributed by atoms with Gasteiger partial charge in [-0.2, -0.15) is 0 Å². The molecule has 1 saturated heterocycles. The SMILES string of the molecule is COC(=O)[C@@H]1CCCN(C(=O)[C@@H](N)Cc2cc(O[Si](C(C)C)(C(C)C)C(C)C)cc(-c3ccc4c(C5=CCOCC5)cn(CCCOC(C)=O)c4c3)c2)N1. The van der Waals surface area contributed by atoms with Gasteiger partial charge in [-0.3, -0.25) is 19.4 Å². The molecule has 0 saturated carbocycles. The molecule has 5 rings (SSSR count). The van der Waals surface area contributed by atoms with Crippen LogP contribution in [0.25, 0.3) is 27.6 Å². The van der Waals surface area contributed by atoms with Crippen LogP contribution in [0.15, 0.2) is 48.7 Å². The van der Waals surface area contributed by atoms with Gasteiger partial charge >= 0.3 is 11.9 Å². The Morgan fingerprint density at radius 2 is 1.76 bits per heavy atom. The van der Waals surface area contributed by atoms with Gasteiger partial charge < -0.3 is 28.9 Å². The molecule has 2 aromatic carbocycles. The van der Waals surface area contributed by atoms with E-state index in [1.54, 1.807) is 0 Å². The summed E-state index contributed by atoms with van der Waals surface area (Å²) in [7, 11) is -0.989. The van der Waals surface area contributed by atoms with Crippen LogP contribution in [-0.2, 0) is 41.6 Å². The van der Waals surface area contributed by atoms with E-state index in [-0.39, 0.29) is 11.9 Å². The number of carbonyl (C=O) groups excluding carboxylic acids is 3. The highest BCUT2D eigenvalue weighted by Gasteiger charge is 2.47. The van der Waals surface area contributed by atoms with Gasteiger partial charge in [0, 0.05) is 42.7 Å². The van der Waals surface area contributed by atoms with Crippen LogP contribution in [-0.4, -0.2) is 81.3 Å². The summed E-state index contributed by atoms with van der Waals surface area (Å²) in [4.78, 5) is 37.4. The summed E-state index contributed by atoms with van der Waals surface area (Å²) < 4.78 is 25.3. The lowest BCUT2D eigenvalue weighted by Crippen LogP contribution is -2.59. The number of nitrogens with one attached hydrogen (secondary N) is 1. The number of ether oxygens (including phenoxy) is 3. The number of amides is 1. The van der Waals surface area contributed by atoms with Crippen molar-refractivity contribution >= 4 is 42.6 Å². The molecular formula is C42H60N4O7Si. The van der Waals surface area contributed by atoms with Crippen LogP contribution < -0.4 is 15.6 Å². The van der Waals surface area contributed by atoms with Crippen molar-refractivity contribution in [2.45, 2.75) is 116 Å². The Labute approximate surface area is 321 Å². The summed E-state index contributed by atoms with van der Waals surface area (Å²) >= 11 is 0. The predicted molar refractivity (Wildman–Crippen MR) is 215 cm³/mol. The summed E-state index contributed by atoms with van der Waals surface area (Å²) in [5.74, 6) is -0.154. The van der Waals surface area contributed by atoms with Crippen molar-refractivity contribution in [2.75, 3.05) is 33.5 Å². The first-order valence-corrected chi connectivity index (χ1v) is 21.7. The number of hydrazine groups is 1. The van der Waals surface area contributed by atoms with E-state index in [1.165, 1.54) is 30.2 Å². The van der Waals surface area contributed by atoms with Crippen molar-refractivity contribution in [3.63, 3.8) is 0 Å². The third kappa shape index (κ3) is 9.27. The second kappa shape index (κ2) is 18.1. The van der Waals surface area contributed by atoms with Crippen LogP contribution >= 0.6 is 0 Å². The molecule has 0 aliphatic carbocycles. The smallest absolute Gasteiger partial charge is 0.324 e. The normalized spacial score (nSPS) is 17.2. The highest BCUT2D eigenvalue weighted by Crippen LogP contribution is 2.44.